The van der Waals surface area contributed by atoms with Crippen LogP contribution in [0, 0.1) is 0 Å². The molecule has 2 fully saturated rings. The van der Waals surface area contributed by atoms with Crippen LogP contribution in [-0.2, 0) is 0 Å². The van der Waals surface area contributed by atoms with Gasteiger partial charge in [0.25, 0.3) is 0 Å². The fraction of sp³-hybridized carbons (Fsp3) is 0.688. The summed E-state index contributed by atoms with van der Waals surface area (Å²) < 4.78 is 2.07. The third-order valence-electron chi connectivity index (χ3n) is 5.11. The summed E-state index contributed by atoms with van der Waals surface area (Å²) in [5, 5.41) is 24.7. The summed E-state index contributed by atoms with van der Waals surface area (Å²) in [6, 6.07) is 4.82. The third kappa shape index (κ3) is 3.05. The molecule has 1 aliphatic heterocycles. The van der Waals surface area contributed by atoms with Crippen molar-refractivity contribution < 1.29 is 5.11 Å². The smallest absolute Gasteiger partial charge is 0.174 e. The summed E-state index contributed by atoms with van der Waals surface area (Å²) in [5.74, 6) is 0.968. The Kier molecular flexibility index (Phi) is 4.41. The molecule has 2 aromatic heterocycles. The molecule has 1 saturated heterocycles. The number of piperidine rings is 1. The fourth-order valence-electron chi connectivity index (χ4n) is 3.85. The maximum atomic E-state index is 9.83. The van der Waals surface area contributed by atoms with Gasteiger partial charge in [-0.3, -0.25) is 4.90 Å². The molecule has 6 nitrogen and oxygen atoms in total. The Morgan fingerprint density at radius 3 is 2.65 bits per heavy atom. The Morgan fingerprint density at radius 2 is 1.96 bits per heavy atom. The molecular formula is C16H23N5OS. The van der Waals surface area contributed by atoms with Gasteiger partial charge >= 0.3 is 0 Å². The maximum Gasteiger partial charge on any atom is 0.174 e. The van der Waals surface area contributed by atoms with Gasteiger partial charge in [-0.15, -0.1) is 16.4 Å². The number of aliphatic hydroxyl groups is 1. The highest BCUT2D eigenvalue weighted by Gasteiger charge is 2.33. The Hall–Kier alpha value is -1.31. The third-order valence-corrected chi connectivity index (χ3v) is 6.04. The quantitative estimate of drug-likeness (QED) is 0.930. The van der Waals surface area contributed by atoms with Gasteiger partial charge in [-0.1, -0.05) is 18.9 Å². The van der Waals surface area contributed by atoms with Crippen LogP contribution in [0.3, 0.4) is 0 Å². The molecule has 1 saturated carbocycles. The van der Waals surface area contributed by atoms with Crippen LogP contribution in [0.25, 0.3) is 0 Å². The zero-order chi connectivity index (χ0) is 15.6. The average molecular weight is 333 g/mol. The number of hydrogen-bond acceptors (Lipinski definition) is 6. The minimum absolute atomic E-state index is 0.109. The number of tetrazole rings is 1. The van der Waals surface area contributed by atoms with E-state index in [-0.39, 0.29) is 12.1 Å². The highest BCUT2D eigenvalue weighted by molar-refractivity contribution is 7.10. The average Bonchev–Trinajstić information content (AvgIpc) is 3.32. The van der Waals surface area contributed by atoms with E-state index in [0.29, 0.717) is 6.04 Å². The standard InChI is InChI=1S/C16H23N5OS/c22-13-7-9-20(10-8-13)15(14-6-3-11-23-14)16-17-18-19-21(16)12-4-1-2-5-12/h3,6,11-13,15,22H,1-2,4-5,7-10H2. The number of thiophene rings is 1. The molecule has 0 radical (unpaired) electrons. The lowest BCUT2D eigenvalue weighted by atomic mass is 10.0. The van der Waals surface area contributed by atoms with Crippen molar-refractivity contribution in [2.45, 2.75) is 56.7 Å². The summed E-state index contributed by atoms with van der Waals surface area (Å²) in [6.45, 7) is 1.78. The van der Waals surface area contributed by atoms with E-state index < -0.39 is 0 Å². The van der Waals surface area contributed by atoms with Crippen LogP contribution in [0.1, 0.15) is 61.3 Å². The molecule has 1 N–H and O–H groups in total. The zero-order valence-corrected chi connectivity index (χ0v) is 14.0. The molecule has 1 atom stereocenters. The van der Waals surface area contributed by atoms with Crippen molar-refractivity contribution in [3.63, 3.8) is 0 Å². The van der Waals surface area contributed by atoms with Crippen molar-refractivity contribution in [2.24, 2.45) is 0 Å². The molecule has 0 aromatic carbocycles. The van der Waals surface area contributed by atoms with Gasteiger partial charge < -0.3 is 5.11 Å². The van der Waals surface area contributed by atoms with Crippen LogP contribution in [-0.4, -0.2) is 49.4 Å². The lowest BCUT2D eigenvalue weighted by Crippen LogP contribution is -2.40. The molecule has 1 unspecified atom stereocenters. The minimum Gasteiger partial charge on any atom is -0.393 e. The second-order valence-corrected chi connectivity index (χ2v) is 7.58. The van der Waals surface area contributed by atoms with Gasteiger partial charge in [0.2, 0.25) is 0 Å². The van der Waals surface area contributed by atoms with Crippen molar-refractivity contribution in [3.8, 4) is 0 Å². The first-order valence-corrected chi connectivity index (χ1v) is 9.44. The number of aliphatic hydroxyl groups excluding tert-OH is 1. The summed E-state index contributed by atoms with van der Waals surface area (Å²) >= 11 is 1.76. The molecule has 4 rings (SSSR count). The number of aromatic nitrogens is 4. The van der Waals surface area contributed by atoms with Crippen molar-refractivity contribution >= 4 is 11.3 Å². The predicted octanol–water partition coefficient (Wildman–Crippen LogP) is 2.40. The Morgan fingerprint density at radius 1 is 1.17 bits per heavy atom. The monoisotopic (exact) mass is 333 g/mol. The summed E-state index contributed by atoms with van der Waals surface area (Å²) in [4.78, 5) is 3.71. The first-order valence-electron chi connectivity index (χ1n) is 8.56. The topological polar surface area (TPSA) is 67.1 Å². The van der Waals surface area contributed by atoms with Gasteiger partial charge in [0.05, 0.1) is 12.1 Å². The normalized spacial score (nSPS) is 22.7. The van der Waals surface area contributed by atoms with E-state index in [1.807, 2.05) is 0 Å². The van der Waals surface area contributed by atoms with Crippen LogP contribution in [0.4, 0.5) is 0 Å². The molecule has 0 bridgehead atoms. The highest BCUT2D eigenvalue weighted by Crippen LogP contribution is 2.36. The SMILES string of the molecule is OC1CCN(C(c2cccs2)c2nnnn2C2CCCC2)CC1. The van der Waals surface area contributed by atoms with Gasteiger partial charge in [0.1, 0.15) is 6.04 Å². The van der Waals surface area contributed by atoms with Crippen molar-refractivity contribution in [2.75, 3.05) is 13.1 Å². The van der Waals surface area contributed by atoms with Crippen LogP contribution in [0.2, 0.25) is 0 Å². The highest BCUT2D eigenvalue weighted by atomic mass is 32.1. The summed E-state index contributed by atoms with van der Waals surface area (Å²) in [5.41, 5.74) is 0. The van der Waals surface area contributed by atoms with E-state index in [9.17, 15) is 5.11 Å². The predicted molar refractivity (Wildman–Crippen MR) is 88.3 cm³/mol. The van der Waals surface area contributed by atoms with Crippen LogP contribution < -0.4 is 0 Å². The molecule has 2 aliphatic rings. The summed E-state index contributed by atoms with van der Waals surface area (Å²) in [7, 11) is 0. The molecular weight excluding hydrogens is 310 g/mol. The number of hydrogen-bond donors (Lipinski definition) is 1. The van der Waals surface area contributed by atoms with E-state index in [0.717, 1.165) is 31.8 Å². The van der Waals surface area contributed by atoms with Crippen molar-refractivity contribution in [1.82, 2.24) is 25.1 Å². The Labute approximate surface area is 140 Å². The van der Waals surface area contributed by atoms with E-state index in [1.165, 1.54) is 30.6 Å². The molecule has 3 heterocycles. The maximum absolute atomic E-state index is 9.83. The number of nitrogens with zero attached hydrogens (tertiary/aromatic N) is 5. The Bertz CT molecular complexity index is 614. The largest absolute Gasteiger partial charge is 0.393 e. The van der Waals surface area contributed by atoms with E-state index in [2.05, 4.69) is 42.6 Å². The van der Waals surface area contributed by atoms with Gasteiger partial charge in [-0.05, 0) is 47.6 Å². The van der Waals surface area contributed by atoms with Gasteiger partial charge in [-0.25, -0.2) is 4.68 Å². The molecule has 1 aliphatic carbocycles. The van der Waals surface area contributed by atoms with Crippen molar-refractivity contribution in [3.05, 3.63) is 28.2 Å². The number of rotatable bonds is 4. The second-order valence-electron chi connectivity index (χ2n) is 6.61. The van der Waals surface area contributed by atoms with E-state index in [1.54, 1.807) is 11.3 Å². The van der Waals surface area contributed by atoms with E-state index in [4.69, 9.17) is 0 Å². The first-order chi connectivity index (χ1) is 11.3. The molecule has 0 amide bonds. The molecule has 2 aromatic rings. The Balaban J connectivity index is 1.67. The summed E-state index contributed by atoms with van der Waals surface area (Å²) in [6.07, 6.45) is 6.37. The van der Waals surface area contributed by atoms with Gasteiger partial charge in [0, 0.05) is 18.0 Å². The van der Waals surface area contributed by atoms with Gasteiger partial charge in [0.15, 0.2) is 5.82 Å². The van der Waals surface area contributed by atoms with Crippen molar-refractivity contribution in [1.29, 1.82) is 0 Å². The first kappa shape index (κ1) is 15.2. The molecule has 7 heteroatoms. The van der Waals surface area contributed by atoms with Crippen LogP contribution >= 0.6 is 11.3 Å². The van der Waals surface area contributed by atoms with Crippen LogP contribution in [0.15, 0.2) is 17.5 Å². The van der Waals surface area contributed by atoms with Gasteiger partial charge in [-0.2, -0.15) is 0 Å². The van der Waals surface area contributed by atoms with E-state index >= 15 is 0 Å². The minimum atomic E-state index is -0.166. The lowest BCUT2D eigenvalue weighted by molar-refractivity contribution is 0.0664. The second kappa shape index (κ2) is 6.67. The fourth-order valence-corrected chi connectivity index (χ4v) is 4.71. The zero-order valence-electron chi connectivity index (χ0n) is 13.2. The molecule has 124 valence electrons. The molecule has 23 heavy (non-hydrogen) atoms. The van der Waals surface area contributed by atoms with Crippen LogP contribution in [0.5, 0.6) is 0 Å². The molecule has 0 spiro atoms. The number of likely N-dealkylation sites (tertiary alicyclic amines) is 1. The lowest BCUT2D eigenvalue weighted by Gasteiger charge is -2.35.